The molecule has 0 bridgehead atoms. The minimum absolute atomic E-state index is 0.0174. The maximum absolute atomic E-state index is 13.3. The molecule has 0 aliphatic carbocycles. The Labute approximate surface area is 176 Å². The number of benzene rings is 2. The van der Waals surface area contributed by atoms with Gasteiger partial charge in [0, 0.05) is 29.6 Å². The van der Waals surface area contributed by atoms with E-state index >= 15 is 0 Å². The average Bonchev–Trinajstić information content (AvgIpc) is 3.14. The van der Waals surface area contributed by atoms with Crippen molar-refractivity contribution in [2.24, 2.45) is 0 Å². The number of H-pyrrole nitrogens is 1. The summed E-state index contributed by atoms with van der Waals surface area (Å²) in [4.78, 5) is 33.5. The van der Waals surface area contributed by atoms with Gasteiger partial charge in [0.15, 0.2) is 0 Å². The van der Waals surface area contributed by atoms with Gasteiger partial charge in [0.05, 0.1) is 6.04 Å². The molecule has 3 aromatic rings. The molecule has 5 rings (SSSR count). The van der Waals surface area contributed by atoms with Crippen molar-refractivity contribution in [3.63, 3.8) is 0 Å². The highest BCUT2D eigenvalue weighted by atomic mass is 16.2. The maximum atomic E-state index is 13.3. The molecule has 2 atom stereocenters. The molecule has 0 radical (unpaired) electrons. The first-order valence-electron chi connectivity index (χ1n) is 10.5. The molecule has 5 nitrogen and oxygen atoms in total. The molecule has 30 heavy (non-hydrogen) atoms. The second kappa shape index (κ2) is 7.48. The summed E-state index contributed by atoms with van der Waals surface area (Å²) < 4.78 is 0. The van der Waals surface area contributed by atoms with Crippen molar-refractivity contribution in [3.05, 3.63) is 84.1 Å². The van der Waals surface area contributed by atoms with Gasteiger partial charge in [-0.25, -0.2) is 0 Å². The van der Waals surface area contributed by atoms with Gasteiger partial charge in [0.25, 0.3) is 0 Å². The molecule has 2 aliphatic heterocycles. The smallest absolute Gasteiger partial charge is 0.246 e. The van der Waals surface area contributed by atoms with Gasteiger partial charge in [-0.2, -0.15) is 0 Å². The molecule has 5 heteroatoms. The number of aryl methyl sites for hydroxylation is 1. The molecule has 0 saturated carbocycles. The number of amides is 2. The Kier molecular flexibility index (Phi) is 4.66. The number of hydrogen-bond acceptors (Lipinski definition) is 2. The van der Waals surface area contributed by atoms with Crippen LogP contribution in [0.2, 0.25) is 0 Å². The molecule has 1 aromatic heterocycles. The van der Waals surface area contributed by atoms with E-state index in [1.165, 1.54) is 11.1 Å². The Bertz CT molecular complexity index is 1120. The number of carbonyl (C=O) groups is 2. The number of hydrogen-bond donors (Lipinski definition) is 1. The lowest BCUT2D eigenvalue weighted by Crippen LogP contribution is -2.62. The minimum Gasteiger partial charge on any atom is -0.356 e. The molecule has 1 unspecified atom stereocenters. The van der Waals surface area contributed by atoms with Crippen LogP contribution in [0.15, 0.2) is 67.3 Å². The molecule has 3 heterocycles. The zero-order valence-corrected chi connectivity index (χ0v) is 16.9. The summed E-state index contributed by atoms with van der Waals surface area (Å²) in [5, 5.41) is 1.15. The van der Waals surface area contributed by atoms with E-state index in [2.05, 4.69) is 35.8 Å². The molecule has 0 spiro atoms. The number of nitrogens with one attached hydrogen (secondary N) is 1. The summed E-state index contributed by atoms with van der Waals surface area (Å²) in [6.07, 6.45) is 3.87. The van der Waals surface area contributed by atoms with Gasteiger partial charge in [0.1, 0.15) is 12.6 Å². The molecular weight excluding hydrogens is 374 g/mol. The Morgan fingerprint density at radius 3 is 2.63 bits per heavy atom. The fourth-order valence-corrected chi connectivity index (χ4v) is 5.00. The van der Waals surface area contributed by atoms with Crippen LogP contribution in [0, 0.1) is 0 Å². The predicted molar refractivity (Wildman–Crippen MR) is 117 cm³/mol. The molecule has 1 saturated heterocycles. The summed E-state index contributed by atoms with van der Waals surface area (Å²) in [6, 6.07) is 17.9. The van der Waals surface area contributed by atoms with Crippen molar-refractivity contribution in [2.45, 2.75) is 31.3 Å². The van der Waals surface area contributed by atoms with Crippen LogP contribution < -0.4 is 0 Å². The third kappa shape index (κ3) is 3.02. The van der Waals surface area contributed by atoms with E-state index in [9.17, 15) is 9.59 Å². The molecule has 2 aliphatic rings. The lowest BCUT2D eigenvalue weighted by atomic mass is 9.87. The van der Waals surface area contributed by atoms with Crippen molar-refractivity contribution in [1.29, 1.82) is 0 Å². The molecule has 1 fully saturated rings. The number of carbonyl (C=O) groups excluding carboxylic acids is 2. The Balaban J connectivity index is 1.57. The lowest BCUT2D eigenvalue weighted by molar-refractivity contribution is -0.159. The van der Waals surface area contributed by atoms with Crippen molar-refractivity contribution in [2.75, 3.05) is 13.1 Å². The highest BCUT2D eigenvalue weighted by Crippen LogP contribution is 2.41. The number of rotatable bonds is 5. The highest BCUT2D eigenvalue weighted by Gasteiger charge is 2.47. The van der Waals surface area contributed by atoms with Crippen LogP contribution in [0.1, 0.15) is 29.3 Å². The number of fused-ring (bicyclic) bond motifs is 4. The second-order valence-corrected chi connectivity index (χ2v) is 8.13. The Morgan fingerprint density at radius 1 is 1.07 bits per heavy atom. The van der Waals surface area contributed by atoms with Crippen LogP contribution in [0.25, 0.3) is 10.9 Å². The normalized spacial score (nSPS) is 20.9. The van der Waals surface area contributed by atoms with Gasteiger partial charge in [-0.1, -0.05) is 54.6 Å². The molecule has 2 aromatic carbocycles. The summed E-state index contributed by atoms with van der Waals surface area (Å²) in [6.45, 7) is 4.27. The average molecular weight is 399 g/mol. The first-order chi connectivity index (χ1) is 14.7. The lowest BCUT2D eigenvalue weighted by Gasteiger charge is -2.47. The predicted octanol–water partition coefficient (Wildman–Crippen LogP) is 3.62. The van der Waals surface area contributed by atoms with E-state index < -0.39 is 6.04 Å². The number of nitrogens with zero attached hydrogens (tertiary/aromatic N) is 2. The Hall–Kier alpha value is -3.34. The van der Waals surface area contributed by atoms with Crippen molar-refractivity contribution >= 4 is 22.7 Å². The van der Waals surface area contributed by atoms with Crippen LogP contribution in [0.5, 0.6) is 0 Å². The van der Waals surface area contributed by atoms with Crippen molar-refractivity contribution in [3.8, 4) is 0 Å². The largest absolute Gasteiger partial charge is 0.356 e. The first-order valence-corrected chi connectivity index (χ1v) is 10.5. The second-order valence-electron chi connectivity index (χ2n) is 8.13. The quantitative estimate of drug-likeness (QED) is 0.666. The molecule has 1 N–H and O–H groups in total. The zero-order chi connectivity index (χ0) is 20.7. The van der Waals surface area contributed by atoms with Crippen LogP contribution in [0.4, 0.5) is 0 Å². The van der Waals surface area contributed by atoms with Crippen LogP contribution in [-0.2, 0) is 22.4 Å². The topological polar surface area (TPSA) is 56.4 Å². The summed E-state index contributed by atoms with van der Waals surface area (Å²) in [5.41, 5.74) is 4.56. The third-order valence-corrected chi connectivity index (χ3v) is 6.36. The van der Waals surface area contributed by atoms with Gasteiger partial charge in [-0.3, -0.25) is 9.59 Å². The van der Waals surface area contributed by atoms with E-state index in [1.54, 1.807) is 11.0 Å². The maximum Gasteiger partial charge on any atom is 0.246 e. The van der Waals surface area contributed by atoms with Crippen LogP contribution in [-0.4, -0.2) is 45.7 Å². The fraction of sp³-hybridized carbons (Fsp3) is 0.280. The van der Waals surface area contributed by atoms with E-state index in [4.69, 9.17) is 0 Å². The van der Waals surface area contributed by atoms with Gasteiger partial charge in [-0.05, 0) is 30.0 Å². The zero-order valence-electron chi connectivity index (χ0n) is 16.9. The van der Waals surface area contributed by atoms with Gasteiger partial charge in [-0.15, -0.1) is 6.58 Å². The summed E-state index contributed by atoms with van der Waals surface area (Å²) in [5.74, 6) is 0.0407. The SMILES string of the molecule is C=CCN1CC(=O)N2C(CCc3ccccc3)c3[nH]c4ccccc4c3C[C@H]2C1=O. The van der Waals surface area contributed by atoms with Crippen LogP contribution in [0.3, 0.4) is 0 Å². The number of aromatic nitrogens is 1. The fourth-order valence-electron chi connectivity index (χ4n) is 5.00. The van der Waals surface area contributed by atoms with Gasteiger partial charge < -0.3 is 14.8 Å². The third-order valence-electron chi connectivity index (χ3n) is 6.36. The Morgan fingerprint density at radius 2 is 1.83 bits per heavy atom. The van der Waals surface area contributed by atoms with Crippen LogP contribution >= 0.6 is 0 Å². The van der Waals surface area contributed by atoms with E-state index in [0.717, 1.165) is 29.4 Å². The standard InChI is InChI=1S/C25H25N3O2/c1-2-14-27-16-23(29)28-21(13-12-17-8-4-3-5-9-17)24-19(15-22(28)25(27)30)18-10-6-7-11-20(18)26-24/h2-11,21-22,26H,1,12-16H2/t21?,22-/m0/s1. The molecule has 152 valence electrons. The van der Waals surface area contributed by atoms with Gasteiger partial charge in [0.2, 0.25) is 11.8 Å². The number of aromatic amines is 1. The summed E-state index contributed by atoms with van der Waals surface area (Å²) >= 11 is 0. The van der Waals surface area contributed by atoms with E-state index in [1.807, 2.05) is 35.2 Å². The first kappa shape index (κ1) is 18.7. The molecule has 2 amide bonds. The highest BCUT2D eigenvalue weighted by molar-refractivity contribution is 5.97. The van der Waals surface area contributed by atoms with Crippen molar-refractivity contribution in [1.82, 2.24) is 14.8 Å². The summed E-state index contributed by atoms with van der Waals surface area (Å²) in [7, 11) is 0. The molecular formula is C25H25N3O2. The number of para-hydroxylation sites is 1. The van der Waals surface area contributed by atoms with E-state index in [-0.39, 0.29) is 24.4 Å². The van der Waals surface area contributed by atoms with E-state index in [0.29, 0.717) is 13.0 Å². The van der Waals surface area contributed by atoms with Gasteiger partial charge >= 0.3 is 0 Å². The number of piperazine rings is 1. The monoisotopic (exact) mass is 399 g/mol. The minimum atomic E-state index is -0.446. The van der Waals surface area contributed by atoms with Crippen molar-refractivity contribution < 1.29 is 9.59 Å².